The molecule has 0 amide bonds. The van der Waals surface area contributed by atoms with Crippen molar-refractivity contribution in [1.29, 1.82) is 0 Å². The number of aryl methyl sites for hydroxylation is 1. The Hall–Kier alpha value is -2.76. The molecule has 0 aliphatic rings. The molecule has 0 saturated carbocycles. The van der Waals surface area contributed by atoms with Gasteiger partial charge < -0.3 is 0 Å². The Bertz CT molecular complexity index is 1120. The van der Waals surface area contributed by atoms with Gasteiger partial charge in [-0.1, -0.05) is 59.6 Å². The van der Waals surface area contributed by atoms with Gasteiger partial charge in [0.25, 0.3) is 0 Å². The number of hydrogen-bond donors (Lipinski definition) is 0. The van der Waals surface area contributed by atoms with E-state index in [0.29, 0.717) is 10.6 Å². The van der Waals surface area contributed by atoms with Crippen LogP contribution in [0.2, 0.25) is 5.02 Å². The zero-order valence-corrected chi connectivity index (χ0v) is 17.3. The van der Waals surface area contributed by atoms with Crippen LogP contribution >= 0.6 is 11.6 Å². The summed E-state index contributed by atoms with van der Waals surface area (Å²) in [6.07, 6.45) is -0.443. The molecule has 1 atom stereocenters. The van der Waals surface area contributed by atoms with E-state index in [0.717, 1.165) is 5.56 Å². The lowest BCUT2D eigenvalue weighted by Crippen LogP contribution is -2.33. The van der Waals surface area contributed by atoms with Gasteiger partial charge >= 0.3 is 0 Å². The van der Waals surface area contributed by atoms with E-state index in [1.54, 1.807) is 42.5 Å². The number of Topliss-reactive ketones (excluding diaryl/α,β-unsaturated/α-hetero) is 2. The summed E-state index contributed by atoms with van der Waals surface area (Å²) in [4.78, 5) is 25.9. The summed E-state index contributed by atoms with van der Waals surface area (Å²) >= 11 is 5.88. The third kappa shape index (κ3) is 4.81. The minimum Gasteiger partial charge on any atom is -0.294 e. The Morgan fingerprint density at radius 1 is 0.828 bits per heavy atom. The van der Waals surface area contributed by atoms with Gasteiger partial charge in [-0.15, -0.1) is 0 Å². The minimum absolute atomic E-state index is 0.0104. The second-order valence-electron chi connectivity index (χ2n) is 6.71. The van der Waals surface area contributed by atoms with Crippen molar-refractivity contribution >= 4 is 33.0 Å². The molecule has 0 saturated heterocycles. The highest BCUT2D eigenvalue weighted by Crippen LogP contribution is 2.24. The molecule has 0 aromatic heterocycles. The normalized spacial score (nSPS) is 12.3. The van der Waals surface area contributed by atoms with E-state index >= 15 is 0 Å². The van der Waals surface area contributed by atoms with Crippen LogP contribution in [0, 0.1) is 6.92 Å². The Balaban J connectivity index is 2.03. The van der Waals surface area contributed by atoms with E-state index in [4.69, 9.17) is 11.6 Å². The third-order valence-corrected chi connectivity index (χ3v) is 6.92. The Morgan fingerprint density at radius 3 is 2.00 bits per heavy atom. The van der Waals surface area contributed by atoms with Crippen LogP contribution in [-0.4, -0.2) is 25.2 Å². The van der Waals surface area contributed by atoms with Crippen molar-refractivity contribution in [3.05, 3.63) is 101 Å². The van der Waals surface area contributed by atoms with Crippen molar-refractivity contribution in [2.75, 3.05) is 0 Å². The van der Waals surface area contributed by atoms with Crippen LogP contribution in [0.3, 0.4) is 0 Å². The van der Waals surface area contributed by atoms with Crippen molar-refractivity contribution < 1.29 is 18.0 Å². The molecule has 0 radical (unpaired) electrons. The van der Waals surface area contributed by atoms with Crippen LogP contribution in [0.25, 0.3) is 0 Å². The number of halogens is 1. The summed E-state index contributed by atoms with van der Waals surface area (Å²) in [6.45, 7) is 1.84. The first-order valence-corrected chi connectivity index (χ1v) is 10.9. The number of hydrogen-bond acceptors (Lipinski definition) is 4. The predicted molar refractivity (Wildman–Crippen MR) is 113 cm³/mol. The molecule has 3 rings (SSSR count). The van der Waals surface area contributed by atoms with Crippen molar-refractivity contribution in [2.24, 2.45) is 0 Å². The molecule has 0 aliphatic carbocycles. The van der Waals surface area contributed by atoms with Gasteiger partial charge in [-0.25, -0.2) is 8.42 Å². The van der Waals surface area contributed by atoms with Crippen LogP contribution < -0.4 is 0 Å². The molecule has 3 aromatic carbocycles. The van der Waals surface area contributed by atoms with Gasteiger partial charge in [-0.05, 0) is 43.3 Å². The Morgan fingerprint density at radius 2 is 1.41 bits per heavy atom. The molecule has 0 N–H and O–H groups in total. The summed E-state index contributed by atoms with van der Waals surface area (Å²) in [5.74, 6) is -1.04. The summed E-state index contributed by atoms with van der Waals surface area (Å²) in [5, 5.41) is -1.10. The van der Waals surface area contributed by atoms with Gasteiger partial charge in [-0.3, -0.25) is 9.59 Å². The lowest BCUT2D eigenvalue weighted by atomic mass is 10.0. The first-order chi connectivity index (χ1) is 13.8. The summed E-state index contributed by atoms with van der Waals surface area (Å²) < 4.78 is 26.6. The number of sulfone groups is 1. The van der Waals surface area contributed by atoms with Crippen LogP contribution in [0.1, 0.15) is 32.7 Å². The number of benzene rings is 3. The minimum atomic E-state index is -4.08. The Labute approximate surface area is 175 Å². The molecular weight excluding hydrogens is 408 g/mol. The lowest BCUT2D eigenvalue weighted by molar-refractivity contribution is 0.0920. The highest BCUT2D eigenvalue weighted by Gasteiger charge is 2.36. The lowest BCUT2D eigenvalue weighted by Gasteiger charge is -2.17. The molecule has 6 heteroatoms. The number of carbonyl (C=O) groups excluding carboxylic acids is 2. The smallest absolute Gasteiger partial charge is 0.189 e. The molecule has 148 valence electrons. The standard InChI is InChI=1S/C23H19ClO4S/c1-16-7-13-20(14-8-16)29(27,28)22(15-21(25)17-5-3-2-4-6-17)23(26)18-9-11-19(24)12-10-18/h2-14,22H,15H2,1H3. The van der Waals surface area contributed by atoms with Gasteiger partial charge in [-0.2, -0.15) is 0 Å². The average Bonchev–Trinajstić information content (AvgIpc) is 2.72. The number of ketones is 2. The maximum atomic E-state index is 13.3. The van der Waals surface area contributed by atoms with E-state index in [-0.39, 0.29) is 10.5 Å². The van der Waals surface area contributed by atoms with Crippen LogP contribution in [-0.2, 0) is 9.84 Å². The first kappa shape index (κ1) is 21.0. The van der Waals surface area contributed by atoms with E-state index in [1.165, 1.54) is 36.4 Å². The molecule has 0 spiro atoms. The van der Waals surface area contributed by atoms with Crippen molar-refractivity contribution in [3.63, 3.8) is 0 Å². The molecule has 4 nitrogen and oxygen atoms in total. The molecule has 0 aliphatic heterocycles. The maximum absolute atomic E-state index is 13.3. The largest absolute Gasteiger partial charge is 0.294 e. The van der Waals surface area contributed by atoms with Gasteiger partial charge in [0.05, 0.1) is 4.90 Å². The number of rotatable bonds is 7. The molecule has 3 aromatic rings. The van der Waals surface area contributed by atoms with Crippen LogP contribution in [0.5, 0.6) is 0 Å². The predicted octanol–water partition coefficient (Wildman–Crippen LogP) is 4.95. The zero-order valence-electron chi connectivity index (χ0n) is 15.7. The van der Waals surface area contributed by atoms with Crippen LogP contribution in [0.15, 0.2) is 83.8 Å². The fraction of sp³-hybridized carbons (Fsp3) is 0.130. The quantitative estimate of drug-likeness (QED) is 0.501. The van der Waals surface area contributed by atoms with Crippen molar-refractivity contribution in [3.8, 4) is 0 Å². The summed E-state index contributed by atoms with van der Waals surface area (Å²) in [6, 6.07) is 20.6. The molecule has 0 heterocycles. The zero-order chi connectivity index (χ0) is 21.0. The van der Waals surface area contributed by atoms with Gasteiger partial charge in [0.15, 0.2) is 21.4 Å². The van der Waals surface area contributed by atoms with Crippen LogP contribution in [0.4, 0.5) is 0 Å². The topological polar surface area (TPSA) is 68.3 Å². The van der Waals surface area contributed by atoms with Gasteiger partial charge in [0.1, 0.15) is 5.25 Å². The van der Waals surface area contributed by atoms with Gasteiger partial charge in [0.2, 0.25) is 0 Å². The van der Waals surface area contributed by atoms with E-state index in [2.05, 4.69) is 0 Å². The van der Waals surface area contributed by atoms with Gasteiger partial charge in [0, 0.05) is 22.6 Å². The van der Waals surface area contributed by atoms with Crippen molar-refractivity contribution in [2.45, 2.75) is 23.5 Å². The summed E-state index contributed by atoms with van der Waals surface area (Å²) in [7, 11) is -4.08. The third-order valence-electron chi connectivity index (χ3n) is 4.61. The fourth-order valence-electron chi connectivity index (χ4n) is 2.95. The second-order valence-corrected chi connectivity index (χ2v) is 9.28. The van der Waals surface area contributed by atoms with Crippen molar-refractivity contribution in [1.82, 2.24) is 0 Å². The molecular formula is C23H19ClO4S. The monoisotopic (exact) mass is 426 g/mol. The van der Waals surface area contributed by atoms with E-state index in [1.807, 2.05) is 6.92 Å². The first-order valence-electron chi connectivity index (χ1n) is 8.97. The molecule has 0 bridgehead atoms. The summed E-state index contributed by atoms with van der Waals surface area (Å²) in [5.41, 5.74) is 1.45. The SMILES string of the molecule is Cc1ccc(S(=O)(=O)C(CC(=O)c2ccccc2)C(=O)c2ccc(Cl)cc2)cc1. The number of carbonyl (C=O) groups is 2. The van der Waals surface area contributed by atoms with E-state index in [9.17, 15) is 18.0 Å². The highest BCUT2D eigenvalue weighted by molar-refractivity contribution is 7.92. The highest BCUT2D eigenvalue weighted by atomic mass is 35.5. The fourth-order valence-corrected chi connectivity index (χ4v) is 4.70. The average molecular weight is 427 g/mol. The molecule has 29 heavy (non-hydrogen) atoms. The molecule has 0 fully saturated rings. The Kier molecular flexibility index (Phi) is 6.30. The maximum Gasteiger partial charge on any atom is 0.189 e. The van der Waals surface area contributed by atoms with E-state index < -0.39 is 33.1 Å². The molecule has 1 unspecified atom stereocenters. The second kappa shape index (κ2) is 8.72.